The van der Waals surface area contributed by atoms with E-state index in [0.717, 1.165) is 38.8 Å². The first-order valence-corrected chi connectivity index (χ1v) is 6.72. The number of carbonyl (C=O) groups excluding carboxylic acids is 1. The third kappa shape index (κ3) is 1.82. The number of carbonyl (C=O) groups is 1. The Morgan fingerprint density at radius 1 is 1.44 bits per heavy atom. The van der Waals surface area contributed by atoms with Crippen molar-refractivity contribution in [2.45, 2.75) is 37.3 Å². The second-order valence-corrected chi connectivity index (χ2v) is 5.38. The van der Waals surface area contributed by atoms with Gasteiger partial charge in [0.05, 0.1) is 0 Å². The zero-order valence-electron chi connectivity index (χ0n) is 10.8. The normalized spacial score (nSPS) is 22.7. The van der Waals surface area contributed by atoms with Crippen molar-refractivity contribution in [2.24, 2.45) is 0 Å². The number of nitrogens with zero attached hydrogens (tertiary/aromatic N) is 3. The molecule has 1 aliphatic carbocycles. The molecule has 0 atom stereocenters. The molecule has 1 aromatic rings. The van der Waals surface area contributed by atoms with Crippen LogP contribution in [0.1, 0.15) is 25.7 Å². The number of hydrogen-bond donors (Lipinski definition) is 1. The van der Waals surface area contributed by atoms with Crippen molar-refractivity contribution in [2.75, 3.05) is 20.1 Å². The fraction of sp³-hybridized carbons (Fsp3) is 0.692. The lowest BCUT2D eigenvalue weighted by Gasteiger charge is -2.39. The van der Waals surface area contributed by atoms with Gasteiger partial charge in [0.15, 0.2) is 0 Å². The van der Waals surface area contributed by atoms with Crippen molar-refractivity contribution < 1.29 is 4.79 Å². The Kier molecular flexibility index (Phi) is 2.86. The molecule has 0 aromatic carbocycles. The largest absolute Gasteiger partial charge is 0.341 e. The molecule has 0 radical (unpaired) electrons. The number of piperidine rings is 1. The van der Waals surface area contributed by atoms with Gasteiger partial charge in [0.25, 0.3) is 5.91 Å². The molecular weight excluding hydrogens is 228 g/mol. The van der Waals surface area contributed by atoms with Gasteiger partial charge in [-0.1, -0.05) is 0 Å². The van der Waals surface area contributed by atoms with Crippen LogP contribution in [0.2, 0.25) is 0 Å². The van der Waals surface area contributed by atoms with Crippen molar-refractivity contribution in [3.8, 4) is 0 Å². The molecule has 0 unspecified atom stereocenters. The van der Waals surface area contributed by atoms with Crippen molar-refractivity contribution in [1.82, 2.24) is 20.0 Å². The van der Waals surface area contributed by atoms with E-state index in [1.165, 1.54) is 0 Å². The van der Waals surface area contributed by atoms with E-state index in [2.05, 4.69) is 10.4 Å². The van der Waals surface area contributed by atoms with Crippen LogP contribution in [0.15, 0.2) is 18.5 Å². The van der Waals surface area contributed by atoms with E-state index in [9.17, 15) is 4.79 Å². The summed E-state index contributed by atoms with van der Waals surface area (Å²) in [6, 6.07) is 2.36. The standard InChI is InChI=1S/C13H20N4O/c1-16(11-3-4-11)12(18)13(5-8-14-9-6-13)17-10-2-7-15-17/h2,7,10-11,14H,3-6,8-9H2,1H3. The van der Waals surface area contributed by atoms with Gasteiger partial charge in [-0.3, -0.25) is 9.48 Å². The maximum atomic E-state index is 12.8. The molecule has 1 N–H and O–H groups in total. The van der Waals surface area contributed by atoms with Crippen LogP contribution in [-0.4, -0.2) is 46.8 Å². The molecule has 1 amide bonds. The Hall–Kier alpha value is -1.36. The van der Waals surface area contributed by atoms with Crippen LogP contribution in [0.3, 0.4) is 0 Å². The molecule has 1 saturated carbocycles. The first-order chi connectivity index (χ1) is 8.74. The Morgan fingerprint density at radius 3 is 2.72 bits per heavy atom. The molecule has 0 bridgehead atoms. The average molecular weight is 248 g/mol. The molecular formula is C13H20N4O. The monoisotopic (exact) mass is 248 g/mol. The lowest BCUT2D eigenvalue weighted by Crippen LogP contribution is -2.55. The molecule has 5 heteroatoms. The van der Waals surface area contributed by atoms with E-state index in [4.69, 9.17) is 0 Å². The molecule has 1 saturated heterocycles. The van der Waals surface area contributed by atoms with Gasteiger partial charge >= 0.3 is 0 Å². The Labute approximate surface area is 107 Å². The first kappa shape index (κ1) is 11.7. The smallest absolute Gasteiger partial charge is 0.250 e. The highest BCUT2D eigenvalue weighted by atomic mass is 16.2. The minimum Gasteiger partial charge on any atom is -0.341 e. The summed E-state index contributed by atoms with van der Waals surface area (Å²) >= 11 is 0. The maximum absolute atomic E-state index is 12.8. The topological polar surface area (TPSA) is 50.2 Å². The Morgan fingerprint density at radius 2 is 2.17 bits per heavy atom. The van der Waals surface area contributed by atoms with Gasteiger partial charge in [0.2, 0.25) is 0 Å². The third-order valence-electron chi connectivity index (χ3n) is 4.19. The van der Waals surface area contributed by atoms with Gasteiger partial charge < -0.3 is 10.2 Å². The lowest BCUT2D eigenvalue weighted by molar-refractivity contribution is -0.142. The summed E-state index contributed by atoms with van der Waals surface area (Å²) in [7, 11) is 1.94. The van der Waals surface area contributed by atoms with Crippen LogP contribution < -0.4 is 5.32 Å². The van der Waals surface area contributed by atoms with Gasteiger partial charge in [-0.05, 0) is 44.8 Å². The van der Waals surface area contributed by atoms with Crippen LogP contribution >= 0.6 is 0 Å². The average Bonchev–Trinajstić information content (AvgIpc) is 3.12. The summed E-state index contributed by atoms with van der Waals surface area (Å²) < 4.78 is 1.87. The molecule has 18 heavy (non-hydrogen) atoms. The lowest BCUT2D eigenvalue weighted by atomic mass is 9.87. The van der Waals surface area contributed by atoms with Crippen LogP contribution in [0, 0.1) is 0 Å². The molecule has 2 aliphatic rings. The second kappa shape index (κ2) is 4.39. The molecule has 3 rings (SSSR count). The summed E-state index contributed by atoms with van der Waals surface area (Å²) in [5.74, 6) is 0.232. The van der Waals surface area contributed by atoms with Crippen LogP contribution in [0.4, 0.5) is 0 Å². The van der Waals surface area contributed by atoms with Gasteiger partial charge in [0.1, 0.15) is 5.54 Å². The molecule has 1 aliphatic heterocycles. The van der Waals surface area contributed by atoms with Crippen molar-refractivity contribution >= 4 is 5.91 Å². The minimum atomic E-state index is -0.466. The van der Waals surface area contributed by atoms with Crippen molar-refractivity contribution in [1.29, 1.82) is 0 Å². The second-order valence-electron chi connectivity index (χ2n) is 5.38. The SMILES string of the molecule is CN(C(=O)C1(n2cccn2)CCNCC1)C1CC1. The number of nitrogens with one attached hydrogen (secondary N) is 1. The van der Waals surface area contributed by atoms with Crippen molar-refractivity contribution in [3.63, 3.8) is 0 Å². The molecule has 98 valence electrons. The minimum absolute atomic E-state index is 0.232. The van der Waals surface area contributed by atoms with Gasteiger partial charge in [0, 0.05) is 25.5 Å². The van der Waals surface area contributed by atoms with Crippen molar-refractivity contribution in [3.05, 3.63) is 18.5 Å². The predicted molar refractivity (Wildman–Crippen MR) is 68.1 cm³/mol. The fourth-order valence-corrected chi connectivity index (χ4v) is 2.86. The Bertz CT molecular complexity index is 418. The molecule has 0 spiro atoms. The predicted octanol–water partition coefficient (Wildman–Crippen LogP) is 0.583. The zero-order valence-corrected chi connectivity index (χ0v) is 10.8. The van der Waals surface area contributed by atoms with Crippen LogP contribution in [0.5, 0.6) is 0 Å². The Balaban J connectivity index is 1.91. The third-order valence-corrected chi connectivity index (χ3v) is 4.19. The summed E-state index contributed by atoms with van der Waals surface area (Å²) in [4.78, 5) is 14.8. The van der Waals surface area contributed by atoms with Gasteiger partial charge in [-0.25, -0.2) is 0 Å². The van der Waals surface area contributed by atoms with Gasteiger partial charge in [-0.2, -0.15) is 5.10 Å². The fourth-order valence-electron chi connectivity index (χ4n) is 2.86. The summed E-state index contributed by atoms with van der Waals surface area (Å²) in [6.45, 7) is 1.76. The summed E-state index contributed by atoms with van der Waals surface area (Å²) in [5.41, 5.74) is -0.466. The molecule has 2 fully saturated rings. The van der Waals surface area contributed by atoms with E-state index >= 15 is 0 Å². The molecule has 5 nitrogen and oxygen atoms in total. The first-order valence-electron chi connectivity index (χ1n) is 6.72. The number of hydrogen-bond acceptors (Lipinski definition) is 3. The highest BCUT2D eigenvalue weighted by molar-refractivity contribution is 5.85. The summed E-state index contributed by atoms with van der Waals surface area (Å²) in [5, 5.41) is 7.66. The molecule has 1 aromatic heterocycles. The van der Waals surface area contributed by atoms with Crippen LogP contribution in [0.25, 0.3) is 0 Å². The highest BCUT2D eigenvalue weighted by Crippen LogP contribution is 2.33. The van der Waals surface area contributed by atoms with E-state index in [0.29, 0.717) is 6.04 Å². The van der Waals surface area contributed by atoms with Crippen LogP contribution in [-0.2, 0) is 10.3 Å². The number of amides is 1. The number of aromatic nitrogens is 2. The van der Waals surface area contributed by atoms with E-state index in [-0.39, 0.29) is 5.91 Å². The zero-order chi connectivity index (χ0) is 12.6. The van der Waals surface area contributed by atoms with E-state index in [1.807, 2.05) is 28.9 Å². The summed E-state index contributed by atoms with van der Waals surface area (Å²) in [6.07, 6.45) is 7.62. The maximum Gasteiger partial charge on any atom is 0.250 e. The number of rotatable bonds is 3. The quantitative estimate of drug-likeness (QED) is 0.851. The van der Waals surface area contributed by atoms with Gasteiger partial charge in [-0.15, -0.1) is 0 Å². The van der Waals surface area contributed by atoms with E-state index < -0.39 is 5.54 Å². The highest BCUT2D eigenvalue weighted by Gasteiger charge is 2.46. The van der Waals surface area contributed by atoms with E-state index in [1.54, 1.807) is 6.20 Å². The number of likely N-dealkylation sites (N-methyl/N-ethyl adjacent to an activating group) is 1. The molecule has 2 heterocycles.